The molecular formula is C4H9O4P. The maximum absolute atomic E-state index is 10.5. The predicted molar refractivity (Wildman–Crippen MR) is 32.4 cm³/mol. The van der Waals surface area contributed by atoms with E-state index < -0.39 is 13.8 Å². The van der Waals surface area contributed by atoms with E-state index in [1.165, 1.54) is 6.92 Å². The molecule has 4 nitrogen and oxygen atoms in total. The van der Waals surface area contributed by atoms with Gasteiger partial charge in [-0.25, -0.2) is 0 Å². The summed E-state index contributed by atoms with van der Waals surface area (Å²) >= 11 is 0. The van der Waals surface area contributed by atoms with Gasteiger partial charge in [-0.05, 0) is 6.92 Å². The molecule has 1 unspecified atom stereocenters. The molecule has 0 rings (SSSR count). The highest BCUT2D eigenvalue weighted by atomic mass is 31.2. The molecule has 9 heavy (non-hydrogen) atoms. The van der Waals surface area contributed by atoms with Gasteiger partial charge in [-0.15, -0.1) is 0 Å². The lowest BCUT2D eigenvalue weighted by atomic mass is 10.5. The van der Waals surface area contributed by atoms with Gasteiger partial charge in [0.05, 0.1) is 0 Å². The van der Waals surface area contributed by atoms with Gasteiger partial charge in [0.1, 0.15) is 11.9 Å². The standard InChI is InChI=1S/C4H9O4P/c1-4(5)3-9(6,7)8-2/h3H2,1-2H3,(H,6,7). The van der Waals surface area contributed by atoms with E-state index in [1.54, 1.807) is 0 Å². The number of carbonyl (C=O) groups excluding carboxylic acids is 1. The van der Waals surface area contributed by atoms with Crippen molar-refractivity contribution in [3.63, 3.8) is 0 Å². The zero-order chi connectivity index (χ0) is 7.49. The lowest BCUT2D eigenvalue weighted by Gasteiger charge is -2.03. The van der Waals surface area contributed by atoms with Crippen molar-refractivity contribution < 1.29 is 18.8 Å². The Bertz CT molecular complexity index is 153. The van der Waals surface area contributed by atoms with E-state index in [1.807, 2.05) is 0 Å². The van der Waals surface area contributed by atoms with Crippen molar-refractivity contribution in [2.24, 2.45) is 0 Å². The molecule has 0 aromatic rings. The van der Waals surface area contributed by atoms with Crippen LogP contribution in [-0.2, 0) is 13.9 Å². The summed E-state index contributed by atoms with van der Waals surface area (Å²) < 4.78 is 14.6. The van der Waals surface area contributed by atoms with Gasteiger partial charge in [0.15, 0.2) is 0 Å². The molecule has 0 spiro atoms. The first-order valence-electron chi connectivity index (χ1n) is 2.35. The molecule has 0 aliphatic rings. The minimum absolute atomic E-state index is 0.345. The molecule has 0 fully saturated rings. The van der Waals surface area contributed by atoms with Crippen molar-refractivity contribution in [3.8, 4) is 0 Å². The highest BCUT2D eigenvalue weighted by molar-refractivity contribution is 7.53. The highest BCUT2D eigenvalue weighted by Crippen LogP contribution is 2.39. The van der Waals surface area contributed by atoms with Crippen molar-refractivity contribution in [1.82, 2.24) is 0 Å². The monoisotopic (exact) mass is 152 g/mol. The van der Waals surface area contributed by atoms with E-state index in [4.69, 9.17) is 4.89 Å². The number of ketones is 1. The first kappa shape index (κ1) is 8.82. The van der Waals surface area contributed by atoms with Crippen LogP contribution in [0.15, 0.2) is 0 Å². The van der Waals surface area contributed by atoms with Gasteiger partial charge in [-0.1, -0.05) is 0 Å². The number of hydrogen-bond donors (Lipinski definition) is 1. The Morgan fingerprint density at radius 2 is 2.22 bits per heavy atom. The zero-order valence-electron chi connectivity index (χ0n) is 5.33. The van der Waals surface area contributed by atoms with Crippen molar-refractivity contribution >= 4 is 13.4 Å². The second-order valence-corrected chi connectivity index (χ2v) is 3.64. The average Bonchev–Trinajstić information content (AvgIpc) is 1.63. The van der Waals surface area contributed by atoms with Gasteiger partial charge in [-0.2, -0.15) is 0 Å². The Morgan fingerprint density at radius 1 is 1.78 bits per heavy atom. The summed E-state index contributed by atoms with van der Waals surface area (Å²) in [6.45, 7) is 1.24. The molecule has 0 bridgehead atoms. The molecule has 0 saturated heterocycles. The molecule has 0 aliphatic heterocycles. The third-order valence-corrected chi connectivity index (χ3v) is 2.12. The topological polar surface area (TPSA) is 63.6 Å². The quantitative estimate of drug-likeness (QED) is 0.594. The molecule has 1 atom stereocenters. The molecule has 0 aliphatic carbocycles. The van der Waals surface area contributed by atoms with E-state index in [9.17, 15) is 9.36 Å². The molecular weight excluding hydrogens is 143 g/mol. The Balaban J connectivity index is 3.88. The molecule has 5 heteroatoms. The summed E-state index contributed by atoms with van der Waals surface area (Å²) in [4.78, 5) is 18.8. The van der Waals surface area contributed by atoms with Gasteiger partial charge < -0.3 is 9.42 Å². The maximum Gasteiger partial charge on any atom is 0.335 e. The SMILES string of the molecule is COP(=O)(O)CC(C)=O. The second-order valence-electron chi connectivity index (χ2n) is 1.68. The Labute approximate surface area is 53.4 Å². The number of hydrogen-bond acceptors (Lipinski definition) is 3. The van der Waals surface area contributed by atoms with Crippen LogP contribution in [0.2, 0.25) is 0 Å². The van der Waals surface area contributed by atoms with Crippen LogP contribution in [0.25, 0.3) is 0 Å². The van der Waals surface area contributed by atoms with Gasteiger partial charge in [0.2, 0.25) is 0 Å². The average molecular weight is 152 g/mol. The zero-order valence-corrected chi connectivity index (χ0v) is 6.22. The van der Waals surface area contributed by atoms with E-state index >= 15 is 0 Å². The van der Waals surface area contributed by atoms with Crippen molar-refractivity contribution in [1.29, 1.82) is 0 Å². The van der Waals surface area contributed by atoms with E-state index in [2.05, 4.69) is 4.52 Å². The molecule has 0 heterocycles. The van der Waals surface area contributed by atoms with Crippen molar-refractivity contribution in [2.45, 2.75) is 6.92 Å². The summed E-state index contributed by atoms with van der Waals surface area (Å²) in [6, 6.07) is 0. The lowest BCUT2D eigenvalue weighted by molar-refractivity contribution is -0.114. The van der Waals surface area contributed by atoms with Crippen molar-refractivity contribution in [2.75, 3.05) is 13.3 Å². The molecule has 1 N–H and O–H groups in total. The first-order valence-corrected chi connectivity index (χ1v) is 4.11. The normalized spacial score (nSPS) is 16.8. The van der Waals surface area contributed by atoms with Crippen LogP contribution >= 0.6 is 7.60 Å². The first-order chi connectivity index (χ1) is 3.98. The fourth-order valence-electron chi connectivity index (χ4n) is 0.346. The highest BCUT2D eigenvalue weighted by Gasteiger charge is 2.18. The predicted octanol–water partition coefficient (Wildman–Crippen LogP) is 0.407. The van der Waals surface area contributed by atoms with Crippen LogP contribution in [0.1, 0.15) is 6.92 Å². The van der Waals surface area contributed by atoms with Gasteiger partial charge in [0, 0.05) is 7.11 Å². The maximum atomic E-state index is 10.5. The van der Waals surface area contributed by atoms with Crippen LogP contribution in [0.5, 0.6) is 0 Å². The van der Waals surface area contributed by atoms with Gasteiger partial charge in [0.25, 0.3) is 0 Å². The Morgan fingerprint density at radius 3 is 2.33 bits per heavy atom. The van der Waals surface area contributed by atoms with Crippen LogP contribution in [-0.4, -0.2) is 23.9 Å². The lowest BCUT2D eigenvalue weighted by Crippen LogP contribution is -2.00. The van der Waals surface area contributed by atoms with E-state index in [-0.39, 0.29) is 5.78 Å². The summed E-state index contributed by atoms with van der Waals surface area (Å²) in [7, 11) is -2.48. The van der Waals surface area contributed by atoms with Gasteiger partial charge >= 0.3 is 7.60 Å². The Kier molecular flexibility index (Phi) is 3.04. The number of carbonyl (C=O) groups is 1. The second kappa shape index (κ2) is 3.11. The van der Waals surface area contributed by atoms with E-state index in [0.29, 0.717) is 0 Å². The van der Waals surface area contributed by atoms with Crippen LogP contribution in [0.4, 0.5) is 0 Å². The fraction of sp³-hybridized carbons (Fsp3) is 0.750. The van der Waals surface area contributed by atoms with Crippen LogP contribution in [0, 0.1) is 0 Å². The minimum atomic E-state index is -3.58. The minimum Gasteiger partial charge on any atom is -0.324 e. The third kappa shape index (κ3) is 4.33. The smallest absolute Gasteiger partial charge is 0.324 e. The number of Topliss-reactive ketones (excluding diaryl/α,β-unsaturated/α-hetero) is 1. The summed E-state index contributed by atoms with van der Waals surface area (Å²) in [5.74, 6) is -0.345. The summed E-state index contributed by atoms with van der Waals surface area (Å²) in [6.07, 6.45) is -0.399. The van der Waals surface area contributed by atoms with Crippen LogP contribution in [0.3, 0.4) is 0 Å². The molecule has 0 saturated carbocycles. The largest absolute Gasteiger partial charge is 0.335 e. The van der Waals surface area contributed by atoms with Crippen LogP contribution < -0.4 is 0 Å². The summed E-state index contributed by atoms with van der Waals surface area (Å²) in [5.41, 5.74) is 0. The molecule has 0 aromatic carbocycles. The number of rotatable bonds is 3. The third-order valence-electron chi connectivity index (χ3n) is 0.708. The Hall–Kier alpha value is -0.180. The molecule has 0 radical (unpaired) electrons. The van der Waals surface area contributed by atoms with Gasteiger partial charge in [-0.3, -0.25) is 9.36 Å². The molecule has 0 amide bonds. The fourth-order valence-corrected chi connectivity index (χ4v) is 1.04. The van der Waals surface area contributed by atoms with E-state index in [0.717, 1.165) is 7.11 Å². The molecule has 54 valence electrons. The summed E-state index contributed by atoms with van der Waals surface area (Å²) in [5, 5.41) is 0. The van der Waals surface area contributed by atoms with Crippen molar-refractivity contribution in [3.05, 3.63) is 0 Å². The molecule has 0 aromatic heterocycles.